The first-order valence-corrected chi connectivity index (χ1v) is 11.9. The minimum atomic E-state index is -1.09. The van der Waals surface area contributed by atoms with Gasteiger partial charge in [0.2, 0.25) is 5.95 Å². The van der Waals surface area contributed by atoms with Gasteiger partial charge in [-0.15, -0.1) is 0 Å². The number of ether oxygens (including phenoxy) is 1. The molecule has 5 heterocycles. The molecule has 11 nitrogen and oxygen atoms in total. The molecule has 12 heteroatoms. The van der Waals surface area contributed by atoms with Gasteiger partial charge in [0.05, 0.1) is 23.6 Å². The number of fused-ring (bicyclic) bond motifs is 1. The second-order valence-corrected chi connectivity index (χ2v) is 8.89. The molecule has 0 aromatic carbocycles. The van der Waals surface area contributed by atoms with Crippen LogP contribution in [0.2, 0.25) is 0 Å². The normalized spacial score (nSPS) is 21.4. The first kappa shape index (κ1) is 23.2. The number of pyridine rings is 1. The lowest BCUT2D eigenvalue weighted by Gasteiger charge is -2.33. The summed E-state index contributed by atoms with van der Waals surface area (Å²) in [5.74, 6) is 2.21. The van der Waals surface area contributed by atoms with E-state index in [9.17, 15) is 9.18 Å². The second kappa shape index (κ2) is 9.61. The Hall–Kier alpha value is -3.54. The molecule has 2 fully saturated rings. The third-order valence-corrected chi connectivity index (χ3v) is 6.66. The van der Waals surface area contributed by atoms with Crippen molar-refractivity contribution in [3.05, 3.63) is 24.5 Å². The van der Waals surface area contributed by atoms with Gasteiger partial charge in [-0.05, 0) is 25.8 Å². The minimum absolute atomic E-state index is 0.140. The Kier molecular flexibility index (Phi) is 6.37. The summed E-state index contributed by atoms with van der Waals surface area (Å²) in [5.41, 5.74) is 0.878. The van der Waals surface area contributed by atoms with E-state index in [1.165, 1.54) is 7.11 Å². The van der Waals surface area contributed by atoms with Crippen LogP contribution in [-0.2, 0) is 4.74 Å². The van der Waals surface area contributed by atoms with Gasteiger partial charge in [0.1, 0.15) is 17.8 Å². The molecule has 5 rings (SSSR count). The predicted octanol–water partition coefficient (Wildman–Crippen LogP) is 3.03. The number of rotatable bonds is 7. The summed E-state index contributed by atoms with van der Waals surface area (Å²) in [6.45, 7) is 6.15. The fourth-order valence-corrected chi connectivity index (χ4v) is 4.50. The summed E-state index contributed by atoms with van der Waals surface area (Å²) in [6, 6.07) is 3.65. The van der Waals surface area contributed by atoms with Gasteiger partial charge in [-0.3, -0.25) is 9.58 Å². The zero-order chi connectivity index (χ0) is 24.5. The van der Waals surface area contributed by atoms with Crippen LogP contribution in [0.25, 0.3) is 10.9 Å². The molecule has 2 amide bonds. The van der Waals surface area contributed by atoms with Crippen LogP contribution in [0.5, 0.6) is 0 Å². The number of methoxy groups -OCH3 is 1. The summed E-state index contributed by atoms with van der Waals surface area (Å²) < 4.78 is 21.5. The number of nitrogens with zero attached hydrogens (tertiary/aromatic N) is 7. The number of halogens is 1. The number of carbonyl (C=O) groups excluding carboxylic acids is 1. The van der Waals surface area contributed by atoms with E-state index < -0.39 is 12.3 Å². The standard InChI is InChI=1S/C23H30FN9O2/c1-4-14(2)33-17-11-20(27-12-15(17)21(30-33)32-10-8-26-23(32)34)28-19-5-7-25-22(29-19)31-9-6-18(35-3)16(24)13-31/h5,7,11-12,14,16,18H,4,6,8-10,13H2,1-3H3,(H,26,34)(H,25,27,28,29)/t14?,16?,18-/m0/s1. The van der Waals surface area contributed by atoms with E-state index in [1.807, 2.05) is 15.6 Å². The van der Waals surface area contributed by atoms with Crippen molar-refractivity contribution in [3.8, 4) is 0 Å². The van der Waals surface area contributed by atoms with E-state index in [-0.39, 0.29) is 18.6 Å². The van der Waals surface area contributed by atoms with Gasteiger partial charge in [0.25, 0.3) is 0 Å². The van der Waals surface area contributed by atoms with Gasteiger partial charge >= 0.3 is 6.03 Å². The lowest BCUT2D eigenvalue weighted by atomic mass is 10.1. The lowest BCUT2D eigenvalue weighted by Crippen LogP contribution is -2.46. The first-order chi connectivity index (χ1) is 17.0. The van der Waals surface area contributed by atoms with E-state index in [2.05, 4.69) is 39.4 Å². The first-order valence-electron chi connectivity index (χ1n) is 11.9. The molecule has 186 valence electrons. The summed E-state index contributed by atoms with van der Waals surface area (Å²) in [6.07, 6.45) is 3.36. The molecule has 35 heavy (non-hydrogen) atoms. The number of anilines is 4. The Bertz CT molecular complexity index is 1220. The highest BCUT2D eigenvalue weighted by Gasteiger charge is 2.31. The summed E-state index contributed by atoms with van der Waals surface area (Å²) in [7, 11) is 1.54. The quantitative estimate of drug-likeness (QED) is 0.527. The van der Waals surface area contributed by atoms with Gasteiger partial charge in [0.15, 0.2) is 5.82 Å². The van der Waals surface area contributed by atoms with Gasteiger partial charge in [-0.25, -0.2) is 19.2 Å². The number of hydrogen-bond donors (Lipinski definition) is 2. The molecular weight excluding hydrogens is 453 g/mol. The second-order valence-electron chi connectivity index (χ2n) is 8.89. The number of hydrogen-bond acceptors (Lipinski definition) is 8. The van der Waals surface area contributed by atoms with Crippen LogP contribution < -0.4 is 20.4 Å². The number of alkyl halides is 1. The largest absolute Gasteiger partial charge is 0.378 e. The summed E-state index contributed by atoms with van der Waals surface area (Å²) >= 11 is 0. The van der Waals surface area contributed by atoms with Crippen LogP contribution in [-0.4, -0.2) is 76.3 Å². The van der Waals surface area contributed by atoms with Crippen molar-refractivity contribution in [1.29, 1.82) is 0 Å². The van der Waals surface area contributed by atoms with E-state index >= 15 is 0 Å². The maximum absolute atomic E-state index is 14.4. The van der Waals surface area contributed by atoms with Crippen molar-refractivity contribution in [2.24, 2.45) is 0 Å². The SMILES string of the molecule is CCC(C)n1nc(N2CCNC2=O)c2cnc(Nc3ccnc(N4CC[C@H](OC)C(F)C4)n3)cc21. The summed E-state index contributed by atoms with van der Waals surface area (Å²) in [4.78, 5) is 29.2. The Morgan fingerprint density at radius 2 is 2.17 bits per heavy atom. The fraction of sp³-hybridized carbons (Fsp3) is 0.522. The number of amides is 2. The third kappa shape index (κ3) is 4.45. The zero-order valence-electron chi connectivity index (χ0n) is 20.1. The van der Waals surface area contributed by atoms with E-state index in [1.54, 1.807) is 23.4 Å². The van der Waals surface area contributed by atoms with Crippen molar-refractivity contribution >= 4 is 40.3 Å². The Labute approximate surface area is 202 Å². The Balaban J connectivity index is 1.42. The van der Waals surface area contributed by atoms with Crippen LogP contribution in [0.1, 0.15) is 32.7 Å². The Morgan fingerprint density at radius 3 is 2.89 bits per heavy atom. The molecule has 0 bridgehead atoms. The molecule has 2 aliphatic heterocycles. The topological polar surface area (TPSA) is 113 Å². The highest BCUT2D eigenvalue weighted by molar-refractivity contribution is 6.02. The number of piperidine rings is 1. The molecule has 0 radical (unpaired) electrons. The minimum Gasteiger partial charge on any atom is -0.378 e. The van der Waals surface area contributed by atoms with Crippen LogP contribution >= 0.6 is 0 Å². The van der Waals surface area contributed by atoms with Crippen molar-refractivity contribution in [2.45, 2.75) is 45.0 Å². The van der Waals surface area contributed by atoms with Crippen LogP contribution in [0.3, 0.4) is 0 Å². The molecule has 2 N–H and O–H groups in total. The monoisotopic (exact) mass is 483 g/mol. The Morgan fingerprint density at radius 1 is 1.31 bits per heavy atom. The van der Waals surface area contributed by atoms with E-state index in [4.69, 9.17) is 9.84 Å². The zero-order valence-corrected chi connectivity index (χ0v) is 20.1. The van der Waals surface area contributed by atoms with Crippen molar-refractivity contribution in [1.82, 2.24) is 30.0 Å². The maximum Gasteiger partial charge on any atom is 0.323 e. The molecular formula is C23H30FN9O2. The predicted molar refractivity (Wildman–Crippen MR) is 131 cm³/mol. The van der Waals surface area contributed by atoms with Gasteiger partial charge in [-0.2, -0.15) is 10.1 Å². The van der Waals surface area contributed by atoms with E-state index in [0.29, 0.717) is 49.5 Å². The molecule has 3 atom stereocenters. The molecule has 0 aliphatic carbocycles. The van der Waals surface area contributed by atoms with Gasteiger partial charge in [-0.1, -0.05) is 6.92 Å². The smallest absolute Gasteiger partial charge is 0.323 e. The average molecular weight is 484 g/mol. The van der Waals surface area contributed by atoms with Gasteiger partial charge < -0.3 is 20.3 Å². The van der Waals surface area contributed by atoms with E-state index in [0.717, 1.165) is 17.3 Å². The van der Waals surface area contributed by atoms with Crippen LogP contribution in [0.15, 0.2) is 24.5 Å². The van der Waals surface area contributed by atoms with Crippen molar-refractivity contribution in [3.63, 3.8) is 0 Å². The average Bonchev–Trinajstić information content (AvgIpc) is 3.46. The molecule has 2 unspecified atom stereocenters. The lowest BCUT2D eigenvalue weighted by molar-refractivity contribution is 0.0194. The maximum atomic E-state index is 14.4. The molecule has 2 aliphatic rings. The number of carbonyl (C=O) groups is 1. The molecule has 0 saturated carbocycles. The van der Waals surface area contributed by atoms with Crippen molar-refractivity contribution < 1.29 is 13.9 Å². The van der Waals surface area contributed by atoms with Crippen LogP contribution in [0.4, 0.5) is 32.6 Å². The van der Waals surface area contributed by atoms with Crippen LogP contribution in [0, 0.1) is 0 Å². The molecule has 2 saturated heterocycles. The number of urea groups is 1. The highest BCUT2D eigenvalue weighted by atomic mass is 19.1. The van der Waals surface area contributed by atoms with Gasteiger partial charge in [0, 0.05) is 51.2 Å². The molecule has 0 spiro atoms. The fourth-order valence-electron chi connectivity index (χ4n) is 4.50. The van der Waals surface area contributed by atoms with Crippen molar-refractivity contribution in [2.75, 3.05) is 48.4 Å². The summed E-state index contributed by atoms with van der Waals surface area (Å²) in [5, 5.41) is 11.6. The number of nitrogens with one attached hydrogen (secondary N) is 2. The molecule has 3 aromatic rings. The highest BCUT2D eigenvalue weighted by Crippen LogP contribution is 2.31. The number of aromatic nitrogens is 5. The molecule has 3 aromatic heterocycles. The third-order valence-electron chi connectivity index (χ3n) is 6.66.